The number of hydrogen-bond donors (Lipinski definition) is 3. The van der Waals surface area contributed by atoms with Gasteiger partial charge in [0.05, 0.1) is 21.5 Å². The second-order valence-corrected chi connectivity index (χ2v) is 6.04. The zero-order chi connectivity index (χ0) is 14.9. The Morgan fingerprint density at radius 2 is 1.95 bits per heavy atom. The maximum absolute atomic E-state index is 10.9. The Morgan fingerprint density at radius 3 is 2.48 bits per heavy atom. The molecule has 0 aromatic heterocycles. The molecule has 1 saturated carbocycles. The number of benzene rings is 1. The van der Waals surface area contributed by atoms with Crippen LogP contribution in [0.3, 0.4) is 0 Å². The van der Waals surface area contributed by atoms with Crippen LogP contribution in [0.25, 0.3) is 0 Å². The number of non-ortho nitro benzene ring substituents is 1. The Kier molecular flexibility index (Phi) is 6.40. The zero-order valence-corrected chi connectivity index (χ0v) is 13.6. The molecule has 0 aliphatic heterocycles. The van der Waals surface area contributed by atoms with Gasteiger partial charge in [0.25, 0.3) is 5.69 Å². The molecule has 0 bridgehead atoms. The van der Waals surface area contributed by atoms with E-state index in [0.717, 1.165) is 25.7 Å². The van der Waals surface area contributed by atoms with E-state index in [1.807, 2.05) is 0 Å². The molecule has 6 nitrogen and oxygen atoms in total. The Bertz CT molecular complexity index is 523. The summed E-state index contributed by atoms with van der Waals surface area (Å²) in [5.41, 5.74) is 6.04. The molecule has 0 saturated heterocycles. The van der Waals surface area contributed by atoms with Crippen molar-refractivity contribution in [3.8, 4) is 5.75 Å². The molecule has 0 radical (unpaired) electrons. The van der Waals surface area contributed by atoms with Crippen LogP contribution in [0, 0.1) is 16.0 Å². The smallest absolute Gasteiger partial charge is 0.271 e. The fourth-order valence-corrected chi connectivity index (χ4v) is 3.20. The molecular formula is C13H18BrClN2O4. The van der Waals surface area contributed by atoms with Crippen molar-refractivity contribution in [1.82, 2.24) is 0 Å². The maximum Gasteiger partial charge on any atom is 0.271 e. The summed E-state index contributed by atoms with van der Waals surface area (Å²) in [6.07, 6.45) is 3.09. The van der Waals surface area contributed by atoms with Crippen molar-refractivity contribution in [1.29, 1.82) is 0 Å². The monoisotopic (exact) mass is 380 g/mol. The number of nitro benzene ring substituents is 1. The number of rotatable bonds is 4. The third-order valence-electron chi connectivity index (χ3n) is 3.90. The Labute approximate surface area is 137 Å². The van der Waals surface area contributed by atoms with Crippen LogP contribution in [0.5, 0.6) is 5.75 Å². The lowest BCUT2D eigenvalue weighted by Gasteiger charge is -2.25. The molecule has 1 aliphatic rings. The zero-order valence-electron chi connectivity index (χ0n) is 11.2. The van der Waals surface area contributed by atoms with Crippen molar-refractivity contribution in [2.75, 3.05) is 0 Å². The minimum atomic E-state index is -0.839. The second-order valence-electron chi connectivity index (χ2n) is 5.18. The molecule has 1 aromatic carbocycles. The molecular weight excluding hydrogens is 364 g/mol. The van der Waals surface area contributed by atoms with Gasteiger partial charge in [-0.1, -0.05) is 12.8 Å². The highest BCUT2D eigenvalue weighted by Crippen LogP contribution is 2.39. The van der Waals surface area contributed by atoms with E-state index in [1.165, 1.54) is 12.1 Å². The van der Waals surface area contributed by atoms with Gasteiger partial charge in [-0.25, -0.2) is 0 Å². The molecule has 0 heterocycles. The SMILES string of the molecule is Cl.N[C@H](c1cc([N+](=O)[O-])cc(Br)c1O)[C@@H](O)C1CCCC1. The summed E-state index contributed by atoms with van der Waals surface area (Å²) in [4.78, 5) is 10.3. The number of halogens is 2. The summed E-state index contributed by atoms with van der Waals surface area (Å²) in [5, 5.41) is 31.2. The van der Waals surface area contributed by atoms with E-state index in [2.05, 4.69) is 15.9 Å². The molecule has 1 aliphatic carbocycles. The van der Waals surface area contributed by atoms with E-state index in [4.69, 9.17) is 5.73 Å². The van der Waals surface area contributed by atoms with E-state index in [-0.39, 0.29) is 39.8 Å². The third-order valence-corrected chi connectivity index (χ3v) is 4.50. The maximum atomic E-state index is 10.9. The molecule has 118 valence electrons. The molecule has 1 fully saturated rings. The molecule has 2 rings (SSSR count). The van der Waals surface area contributed by atoms with Gasteiger partial charge < -0.3 is 15.9 Å². The molecule has 0 spiro atoms. The van der Waals surface area contributed by atoms with Gasteiger partial charge in [-0.2, -0.15) is 0 Å². The number of hydrogen-bond acceptors (Lipinski definition) is 5. The minimum Gasteiger partial charge on any atom is -0.506 e. The van der Waals surface area contributed by atoms with Crippen LogP contribution >= 0.6 is 28.3 Å². The first-order valence-electron chi connectivity index (χ1n) is 6.52. The van der Waals surface area contributed by atoms with Crippen molar-refractivity contribution in [3.63, 3.8) is 0 Å². The highest BCUT2D eigenvalue weighted by atomic mass is 79.9. The Hall–Kier alpha value is -0.890. The average molecular weight is 382 g/mol. The van der Waals surface area contributed by atoms with Gasteiger partial charge in [-0.15, -0.1) is 12.4 Å². The van der Waals surface area contributed by atoms with Gasteiger partial charge in [0.1, 0.15) is 5.75 Å². The standard InChI is InChI=1S/C13H17BrN2O4.ClH/c14-10-6-8(16(19)20)5-9(13(10)18)11(15)12(17)7-3-1-2-4-7;/h5-7,11-12,17-18H,1-4,15H2;1H/t11-,12+;/m1./s1. The first-order valence-corrected chi connectivity index (χ1v) is 7.31. The van der Waals surface area contributed by atoms with Gasteiger partial charge in [-0.05, 0) is 34.7 Å². The number of nitrogens with zero attached hydrogens (tertiary/aromatic N) is 1. The first kappa shape index (κ1) is 18.2. The summed E-state index contributed by atoms with van der Waals surface area (Å²) in [6.45, 7) is 0. The topological polar surface area (TPSA) is 110 Å². The van der Waals surface area contributed by atoms with Crippen molar-refractivity contribution in [3.05, 3.63) is 32.3 Å². The van der Waals surface area contributed by atoms with Gasteiger partial charge in [0.2, 0.25) is 0 Å². The molecule has 4 N–H and O–H groups in total. The van der Waals surface area contributed by atoms with E-state index in [1.54, 1.807) is 0 Å². The van der Waals surface area contributed by atoms with Crippen LogP contribution in [0.4, 0.5) is 5.69 Å². The van der Waals surface area contributed by atoms with Crippen LogP contribution in [0.1, 0.15) is 37.3 Å². The van der Waals surface area contributed by atoms with Crippen LogP contribution in [0.2, 0.25) is 0 Å². The summed E-state index contributed by atoms with van der Waals surface area (Å²) in [5.74, 6) is -0.0671. The Balaban J connectivity index is 0.00000220. The number of aromatic hydroxyl groups is 1. The molecule has 21 heavy (non-hydrogen) atoms. The van der Waals surface area contributed by atoms with E-state index >= 15 is 0 Å². The lowest BCUT2D eigenvalue weighted by molar-refractivity contribution is -0.385. The predicted octanol–water partition coefficient (Wildman–Crippen LogP) is 3.04. The van der Waals surface area contributed by atoms with Crippen LogP contribution < -0.4 is 5.73 Å². The van der Waals surface area contributed by atoms with Crippen molar-refractivity contribution in [2.45, 2.75) is 37.8 Å². The normalized spacial score (nSPS) is 18.0. The largest absolute Gasteiger partial charge is 0.506 e. The predicted molar refractivity (Wildman–Crippen MR) is 84.6 cm³/mol. The van der Waals surface area contributed by atoms with Crippen LogP contribution in [-0.4, -0.2) is 21.2 Å². The number of phenolic OH excluding ortho intramolecular Hbond substituents is 1. The molecule has 1 aromatic rings. The molecule has 8 heteroatoms. The average Bonchev–Trinajstić information content (AvgIpc) is 2.93. The fraction of sp³-hybridized carbons (Fsp3) is 0.538. The summed E-state index contributed by atoms with van der Waals surface area (Å²) in [6, 6.07) is 1.60. The number of aliphatic hydroxyl groups is 1. The second kappa shape index (κ2) is 7.40. The number of nitro groups is 1. The summed E-state index contributed by atoms with van der Waals surface area (Å²) >= 11 is 3.07. The Morgan fingerprint density at radius 1 is 1.38 bits per heavy atom. The quantitative estimate of drug-likeness (QED) is 0.548. The highest BCUT2D eigenvalue weighted by molar-refractivity contribution is 9.10. The molecule has 0 unspecified atom stereocenters. The van der Waals surface area contributed by atoms with Crippen molar-refractivity contribution in [2.24, 2.45) is 11.7 Å². The summed E-state index contributed by atoms with van der Waals surface area (Å²) in [7, 11) is 0. The number of phenols is 1. The molecule has 2 atom stereocenters. The van der Waals surface area contributed by atoms with Gasteiger partial charge in [0.15, 0.2) is 0 Å². The lowest BCUT2D eigenvalue weighted by atomic mass is 9.90. The number of nitrogens with two attached hydrogens (primary N) is 1. The van der Waals surface area contributed by atoms with Crippen LogP contribution in [0.15, 0.2) is 16.6 Å². The minimum absolute atomic E-state index is 0. The van der Waals surface area contributed by atoms with Gasteiger partial charge >= 0.3 is 0 Å². The third kappa shape index (κ3) is 3.85. The first-order chi connectivity index (χ1) is 9.41. The van der Waals surface area contributed by atoms with Crippen LogP contribution in [-0.2, 0) is 0 Å². The van der Waals surface area contributed by atoms with Gasteiger partial charge in [0, 0.05) is 17.7 Å². The summed E-state index contributed by atoms with van der Waals surface area (Å²) < 4.78 is 0.204. The van der Waals surface area contributed by atoms with Gasteiger partial charge in [-0.3, -0.25) is 10.1 Å². The van der Waals surface area contributed by atoms with E-state index < -0.39 is 17.1 Å². The highest BCUT2D eigenvalue weighted by Gasteiger charge is 2.31. The van der Waals surface area contributed by atoms with Crippen molar-refractivity contribution < 1.29 is 15.1 Å². The van der Waals surface area contributed by atoms with E-state index in [9.17, 15) is 20.3 Å². The molecule has 0 amide bonds. The van der Waals surface area contributed by atoms with E-state index in [0.29, 0.717) is 0 Å². The lowest BCUT2D eigenvalue weighted by Crippen LogP contribution is -2.32. The van der Waals surface area contributed by atoms with Crippen molar-refractivity contribution >= 4 is 34.0 Å². The fourth-order valence-electron chi connectivity index (χ4n) is 2.74. The number of aliphatic hydroxyl groups excluding tert-OH is 1.